The monoisotopic (exact) mass is 243 g/mol. The largest absolute Gasteiger partial charge is 0.497 e. The molecule has 0 saturated carbocycles. The number of ether oxygens (including phenoxy) is 1. The fraction of sp³-hybridized carbons (Fsp3) is 0.0714. The summed E-state index contributed by atoms with van der Waals surface area (Å²) in [5, 5.41) is 11.6. The van der Waals surface area contributed by atoms with Gasteiger partial charge in [-0.3, -0.25) is 0 Å². The van der Waals surface area contributed by atoms with Crippen LogP contribution in [0.2, 0.25) is 0 Å². The Kier molecular flexibility index (Phi) is 3.48. The lowest BCUT2D eigenvalue weighted by atomic mass is 10.2. The van der Waals surface area contributed by atoms with Crippen LogP contribution in [0.15, 0.2) is 48.5 Å². The van der Waals surface area contributed by atoms with Crippen LogP contribution in [0.1, 0.15) is 10.4 Å². The quantitative estimate of drug-likeness (QED) is 0.678. The van der Waals surface area contributed by atoms with Crippen molar-refractivity contribution in [1.29, 1.82) is 0 Å². The number of hydrogen-bond acceptors (Lipinski definition) is 3. The summed E-state index contributed by atoms with van der Waals surface area (Å²) in [5.74, 6) is -0.261. The van der Waals surface area contributed by atoms with Gasteiger partial charge in [-0.15, -0.1) is 0 Å². The Balaban J connectivity index is 0.000000146. The van der Waals surface area contributed by atoms with Gasteiger partial charge in [-0.1, -0.05) is 12.1 Å². The van der Waals surface area contributed by atoms with E-state index in [9.17, 15) is 4.79 Å². The van der Waals surface area contributed by atoms with Crippen LogP contribution in [0.3, 0.4) is 0 Å². The molecule has 1 aliphatic rings. The van der Waals surface area contributed by atoms with Gasteiger partial charge >= 0.3 is 5.97 Å². The first-order chi connectivity index (χ1) is 8.70. The molecule has 92 valence electrons. The van der Waals surface area contributed by atoms with Crippen LogP contribution in [-0.2, 0) is 0 Å². The van der Waals surface area contributed by atoms with Gasteiger partial charge < -0.3 is 15.2 Å². The number of fused-ring (bicyclic) bond motifs is 1. The molecule has 0 bridgehead atoms. The second kappa shape index (κ2) is 5.23. The van der Waals surface area contributed by atoms with Gasteiger partial charge in [-0.05, 0) is 36.4 Å². The number of hydrogen-bond donors (Lipinski definition) is 2. The zero-order chi connectivity index (χ0) is 13.0. The van der Waals surface area contributed by atoms with Crippen molar-refractivity contribution in [3.05, 3.63) is 54.1 Å². The second-order valence-corrected chi connectivity index (χ2v) is 3.70. The molecule has 1 aliphatic heterocycles. The molecule has 0 radical (unpaired) electrons. The molecule has 0 spiro atoms. The minimum absolute atomic E-state index is 0.269. The molecule has 4 nitrogen and oxygen atoms in total. The van der Waals surface area contributed by atoms with Crippen molar-refractivity contribution in [2.75, 3.05) is 12.4 Å². The number of nitrogens with one attached hydrogen (secondary N) is 1. The highest BCUT2D eigenvalue weighted by molar-refractivity contribution is 5.89. The molecule has 3 rings (SSSR count). The lowest BCUT2D eigenvalue weighted by Gasteiger charge is -1.98. The number of carboxylic acid groups (broad SMARTS) is 1. The lowest BCUT2D eigenvalue weighted by molar-refractivity contribution is 0.0697. The van der Waals surface area contributed by atoms with E-state index in [2.05, 4.69) is 17.4 Å². The van der Waals surface area contributed by atoms with Crippen LogP contribution < -0.4 is 10.1 Å². The van der Waals surface area contributed by atoms with E-state index in [4.69, 9.17) is 9.84 Å². The van der Waals surface area contributed by atoms with Crippen molar-refractivity contribution >= 4 is 17.3 Å². The highest BCUT2D eigenvalue weighted by Crippen LogP contribution is 2.36. The average molecular weight is 243 g/mol. The van der Waals surface area contributed by atoms with Crippen LogP contribution in [0.5, 0.6) is 5.75 Å². The summed E-state index contributed by atoms with van der Waals surface area (Å²) in [6, 6.07) is 14.4. The van der Waals surface area contributed by atoms with Gasteiger partial charge in [0.1, 0.15) is 5.75 Å². The van der Waals surface area contributed by atoms with Crippen molar-refractivity contribution < 1.29 is 14.6 Å². The van der Waals surface area contributed by atoms with Crippen LogP contribution in [0.25, 0.3) is 0 Å². The summed E-state index contributed by atoms with van der Waals surface area (Å²) in [4.78, 5) is 10.4. The topological polar surface area (TPSA) is 68.5 Å². The predicted molar refractivity (Wildman–Crippen MR) is 69.7 cm³/mol. The van der Waals surface area contributed by atoms with Crippen molar-refractivity contribution in [3.8, 4) is 5.75 Å². The standard InChI is InChI=1S/C8H8O3.C6H5N/c1-11-7-4-2-6(3-5-7)8(9)10;1-2-4-6-5(3-1)7-6/h2-5H,1H3,(H,9,10);1-4,7H. The third-order valence-electron chi connectivity index (χ3n) is 2.47. The number of aromatic carboxylic acids is 1. The van der Waals surface area contributed by atoms with Crippen molar-refractivity contribution in [2.24, 2.45) is 0 Å². The van der Waals surface area contributed by atoms with Gasteiger partial charge in [-0.25, -0.2) is 4.79 Å². The van der Waals surface area contributed by atoms with Crippen molar-refractivity contribution in [3.63, 3.8) is 0 Å². The molecule has 0 amide bonds. The summed E-state index contributed by atoms with van der Waals surface area (Å²) in [6.45, 7) is 0. The highest BCUT2D eigenvalue weighted by atomic mass is 16.5. The number of rotatable bonds is 2. The molecule has 0 aromatic heterocycles. The molecule has 1 heterocycles. The molecule has 2 aromatic carbocycles. The Labute approximate surface area is 105 Å². The zero-order valence-electron chi connectivity index (χ0n) is 9.88. The molecule has 2 aromatic rings. The summed E-state index contributed by atoms with van der Waals surface area (Å²) in [7, 11) is 1.54. The van der Waals surface area contributed by atoms with Gasteiger partial charge in [0.15, 0.2) is 0 Å². The first-order valence-corrected chi connectivity index (χ1v) is 5.44. The Bertz CT molecular complexity index is 528. The fourth-order valence-electron chi connectivity index (χ4n) is 1.41. The van der Waals surface area contributed by atoms with E-state index >= 15 is 0 Å². The summed E-state index contributed by atoms with van der Waals surface area (Å²) in [6.07, 6.45) is 0. The van der Waals surface area contributed by atoms with E-state index in [1.807, 2.05) is 12.1 Å². The number of carbonyl (C=O) groups is 1. The number of para-hydroxylation sites is 2. The van der Waals surface area contributed by atoms with E-state index in [1.165, 1.54) is 30.6 Å². The minimum Gasteiger partial charge on any atom is -0.497 e. The van der Waals surface area contributed by atoms with Crippen LogP contribution in [0, 0.1) is 0 Å². The molecule has 0 atom stereocenters. The third kappa shape index (κ3) is 3.01. The van der Waals surface area contributed by atoms with Crippen molar-refractivity contribution in [1.82, 2.24) is 0 Å². The molecule has 2 N–H and O–H groups in total. The normalized spacial score (nSPS) is 10.3. The van der Waals surface area contributed by atoms with Gasteiger partial charge in [0.25, 0.3) is 0 Å². The lowest BCUT2D eigenvalue weighted by Crippen LogP contribution is -1.95. The number of methoxy groups -OCH3 is 1. The molecular formula is C14H13NO3. The number of benzene rings is 2. The SMILES string of the molecule is COc1ccc(C(=O)O)cc1.c1ccc2c(c1)N2. The third-order valence-corrected chi connectivity index (χ3v) is 2.47. The summed E-state index contributed by atoms with van der Waals surface area (Å²) < 4.78 is 4.86. The van der Waals surface area contributed by atoms with Gasteiger partial charge in [0, 0.05) is 0 Å². The Morgan fingerprint density at radius 1 is 1.06 bits per heavy atom. The first kappa shape index (κ1) is 12.0. The predicted octanol–water partition coefficient (Wildman–Crippen LogP) is 3.14. The number of anilines is 2. The molecule has 0 unspecified atom stereocenters. The summed E-state index contributed by atoms with van der Waals surface area (Å²) >= 11 is 0. The van der Waals surface area contributed by atoms with E-state index in [-0.39, 0.29) is 5.56 Å². The van der Waals surface area contributed by atoms with Crippen LogP contribution >= 0.6 is 0 Å². The van der Waals surface area contributed by atoms with Crippen LogP contribution in [0.4, 0.5) is 11.4 Å². The van der Waals surface area contributed by atoms with Gasteiger partial charge in [-0.2, -0.15) is 0 Å². The first-order valence-electron chi connectivity index (χ1n) is 5.44. The van der Waals surface area contributed by atoms with Gasteiger partial charge in [0.05, 0.1) is 24.0 Å². The van der Waals surface area contributed by atoms with E-state index in [0.717, 1.165) is 0 Å². The number of carboxylic acids is 1. The Morgan fingerprint density at radius 2 is 1.61 bits per heavy atom. The maximum atomic E-state index is 10.4. The second-order valence-electron chi connectivity index (χ2n) is 3.70. The Hall–Kier alpha value is -2.49. The maximum absolute atomic E-state index is 10.4. The average Bonchev–Trinajstić information content (AvgIpc) is 3.18. The molecule has 0 fully saturated rings. The zero-order valence-corrected chi connectivity index (χ0v) is 9.88. The smallest absolute Gasteiger partial charge is 0.335 e. The van der Waals surface area contributed by atoms with E-state index in [0.29, 0.717) is 5.75 Å². The van der Waals surface area contributed by atoms with E-state index in [1.54, 1.807) is 12.1 Å². The van der Waals surface area contributed by atoms with E-state index < -0.39 is 5.97 Å². The van der Waals surface area contributed by atoms with Crippen LogP contribution in [-0.4, -0.2) is 18.2 Å². The molecule has 4 heteroatoms. The molecule has 18 heavy (non-hydrogen) atoms. The minimum atomic E-state index is -0.923. The van der Waals surface area contributed by atoms with Crippen molar-refractivity contribution in [2.45, 2.75) is 0 Å². The molecule has 0 saturated heterocycles. The highest BCUT2D eigenvalue weighted by Gasteiger charge is 2.10. The molecular weight excluding hydrogens is 230 g/mol. The fourth-order valence-corrected chi connectivity index (χ4v) is 1.41. The molecule has 0 aliphatic carbocycles. The Morgan fingerprint density at radius 3 is 2.00 bits per heavy atom. The summed E-state index contributed by atoms with van der Waals surface area (Å²) in [5.41, 5.74) is 2.83. The maximum Gasteiger partial charge on any atom is 0.335 e. The van der Waals surface area contributed by atoms with Gasteiger partial charge in [0.2, 0.25) is 0 Å².